The summed E-state index contributed by atoms with van der Waals surface area (Å²) >= 11 is 5.79. The third kappa shape index (κ3) is 7.08. The number of halogens is 2. The second kappa shape index (κ2) is 11.9. The topological polar surface area (TPSA) is 134 Å². The van der Waals surface area contributed by atoms with E-state index in [4.69, 9.17) is 16.3 Å². The lowest BCUT2D eigenvalue weighted by atomic mass is 10.1. The molecule has 0 aliphatic carbocycles. The highest BCUT2D eigenvalue weighted by molar-refractivity contribution is 6.33. The zero-order valence-electron chi connectivity index (χ0n) is 17.9. The van der Waals surface area contributed by atoms with E-state index < -0.39 is 35.4 Å². The first-order valence-electron chi connectivity index (χ1n) is 10.7. The van der Waals surface area contributed by atoms with Crippen molar-refractivity contribution in [2.24, 2.45) is 0 Å². The second-order valence-corrected chi connectivity index (χ2v) is 8.15. The van der Waals surface area contributed by atoms with Gasteiger partial charge in [0, 0.05) is 31.5 Å². The molecule has 1 amide bonds. The monoisotopic (exact) mass is 480 g/mol. The average molecular weight is 481 g/mol. The fraction of sp³-hybridized carbons (Fsp3) is 0.455. The summed E-state index contributed by atoms with van der Waals surface area (Å²) in [4.78, 5) is 31.8. The molecular weight excluding hydrogens is 455 g/mol. The summed E-state index contributed by atoms with van der Waals surface area (Å²) in [5, 5.41) is 24.8. The Balaban J connectivity index is 1.40. The molecule has 0 fully saturated rings. The minimum Gasteiger partial charge on any atom is -0.480 e. The molecule has 0 saturated carbocycles. The highest BCUT2D eigenvalue weighted by Gasteiger charge is 2.24. The van der Waals surface area contributed by atoms with Gasteiger partial charge in [0.1, 0.15) is 11.9 Å². The van der Waals surface area contributed by atoms with E-state index in [-0.39, 0.29) is 24.7 Å². The quantitative estimate of drug-likeness (QED) is 0.360. The standard InChI is InChI=1S/C22H26ClFN4O5/c23-16-10-25-11-17(24)19(16)21(30)28-18(22(31)32)7-9-33-12-15(29)6-5-14-4-3-13-2-1-8-26-20(13)27-14/h3-4,10-11,15,18,29H,1-2,5-9,12H2,(H,26,27)(H,28,30)(H,31,32)/t15-,18-/m0/s1. The fourth-order valence-corrected chi connectivity index (χ4v) is 3.67. The number of nitrogens with zero attached hydrogens (tertiary/aromatic N) is 2. The largest absolute Gasteiger partial charge is 0.480 e. The average Bonchev–Trinajstić information content (AvgIpc) is 2.79. The van der Waals surface area contributed by atoms with E-state index in [2.05, 4.69) is 26.7 Å². The first-order chi connectivity index (χ1) is 15.8. The van der Waals surface area contributed by atoms with E-state index in [1.165, 1.54) is 5.56 Å². The molecule has 0 radical (unpaired) electrons. The predicted molar refractivity (Wildman–Crippen MR) is 119 cm³/mol. The number of hydrogen-bond acceptors (Lipinski definition) is 7. The van der Waals surface area contributed by atoms with Gasteiger partial charge < -0.3 is 25.6 Å². The number of pyridine rings is 2. The van der Waals surface area contributed by atoms with Crippen molar-refractivity contribution in [2.75, 3.05) is 25.1 Å². The van der Waals surface area contributed by atoms with Crippen LogP contribution < -0.4 is 10.6 Å². The number of carboxylic acid groups (broad SMARTS) is 1. The summed E-state index contributed by atoms with van der Waals surface area (Å²) in [7, 11) is 0. The van der Waals surface area contributed by atoms with Crippen LogP contribution in [0.5, 0.6) is 0 Å². The van der Waals surface area contributed by atoms with Gasteiger partial charge in [0.05, 0.1) is 29.5 Å². The third-order valence-electron chi connectivity index (χ3n) is 5.23. The van der Waals surface area contributed by atoms with Crippen LogP contribution in [0.2, 0.25) is 5.02 Å². The van der Waals surface area contributed by atoms with Crippen LogP contribution in [-0.2, 0) is 22.4 Å². The Morgan fingerprint density at radius 2 is 2.12 bits per heavy atom. The van der Waals surface area contributed by atoms with Crippen molar-refractivity contribution in [3.05, 3.63) is 52.2 Å². The molecule has 9 nitrogen and oxygen atoms in total. The van der Waals surface area contributed by atoms with Gasteiger partial charge in [0.2, 0.25) is 0 Å². The molecule has 4 N–H and O–H groups in total. The van der Waals surface area contributed by atoms with Crippen molar-refractivity contribution in [3.63, 3.8) is 0 Å². The molecule has 2 aromatic heterocycles. The molecule has 1 aliphatic heterocycles. The second-order valence-electron chi connectivity index (χ2n) is 7.74. The number of aliphatic hydroxyl groups excluding tert-OH is 1. The molecule has 33 heavy (non-hydrogen) atoms. The number of fused-ring (bicyclic) bond motifs is 1. The van der Waals surface area contributed by atoms with Gasteiger partial charge in [-0.05, 0) is 37.3 Å². The molecular formula is C22H26ClFN4O5. The lowest BCUT2D eigenvalue weighted by Crippen LogP contribution is -2.42. The third-order valence-corrected chi connectivity index (χ3v) is 5.52. The zero-order valence-corrected chi connectivity index (χ0v) is 18.6. The van der Waals surface area contributed by atoms with Gasteiger partial charge in [0.15, 0.2) is 5.82 Å². The summed E-state index contributed by atoms with van der Waals surface area (Å²) in [6.45, 7) is 0.887. The highest BCUT2D eigenvalue weighted by atomic mass is 35.5. The molecule has 11 heteroatoms. The number of carbonyl (C=O) groups is 2. The molecule has 2 atom stereocenters. The van der Waals surface area contributed by atoms with Crippen molar-refractivity contribution >= 4 is 29.3 Å². The lowest BCUT2D eigenvalue weighted by Gasteiger charge is -2.18. The minimum absolute atomic E-state index is 0.00822. The number of carbonyl (C=O) groups excluding carboxylic acids is 1. The first-order valence-corrected chi connectivity index (χ1v) is 11.0. The van der Waals surface area contributed by atoms with Gasteiger partial charge in [-0.15, -0.1) is 0 Å². The number of rotatable bonds is 11. The summed E-state index contributed by atoms with van der Waals surface area (Å²) in [6.07, 6.45) is 4.19. The van der Waals surface area contributed by atoms with Crippen LogP contribution in [0.1, 0.15) is 40.9 Å². The van der Waals surface area contributed by atoms with Crippen LogP contribution in [-0.4, -0.2) is 64.0 Å². The number of ether oxygens (including phenoxy) is 1. The molecule has 0 unspecified atom stereocenters. The Labute approximate surface area is 195 Å². The SMILES string of the molecule is O=C(N[C@@H](CCOC[C@@H](O)CCc1ccc2c(n1)NCCC2)C(=O)O)c1c(F)cncc1Cl. The summed E-state index contributed by atoms with van der Waals surface area (Å²) < 4.78 is 19.2. The number of carboxylic acids is 1. The Morgan fingerprint density at radius 1 is 1.30 bits per heavy atom. The summed E-state index contributed by atoms with van der Waals surface area (Å²) in [6, 6.07) is 2.70. The molecule has 3 heterocycles. The van der Waals surface area contributed by atoms with Crippen LogP contribution in [0.3, 0.4) is 0 Å². The van der Waals surface area contributed by atoms with Crippen molar-refractivity contribution in [1.82, 2.24) is 15.3 Å². The van der Waals surface area contributed by atoms with E-state index in [0.29, 0.717) is 12.8 Å². The Bertz CT molecular complexity index is 973. The zero-order chi connectivity index (χ0) is 23.8. The normalized spacial score (nSPS) is 14.6. The van der Waals surface area contributed by atoms with Crippen molar-refractivity contribution in [2.45, 2.75) is 44.2 Å². The van der Waals surface area contributed by atoms with E-state index in [9.17, 15) is 24.2 Å². The maximum Gasteiger partial charge on any atom is 0.326 e. The number of aliphatic carboxylic acids is 1. The van der Waals surface area contributed by atoms with Gasteiger partial charge in [-0.2, -0.15) is 0 Å². The van der Waals surface area contributed by atoms with E-state index >= 15 is 0 Å². The minimum atomic E-state index is -1.31. The number of aryl methyl sites for hydroxylation is 2. The summed E-state index contributed by atoms with van der Waals surface area (Å²) in [5.41, 5.74) is 1.60. The highest BCUT2D eigenvalue weighted by Crippen LogP contribution is 2.20. The van der Waals surface area contributed by atoms with Crippen molar-refractivity contribution in [1.29, 1.82) is 0 Å². The molecule has 2 aromatic rings. The molecule has 0 aromatic carbocycles. The summed E-state index contributed by atoms with van der Waals surface area (Å²) in [5.74, 6) is -2.31. The Hall–Kier alpha value is -2.82. The van der Waals surface area contributed by atoms with Gasteiger partial charge >= 0.3 is 5.97 Å². The van der Waals surface area contributed by atoms with Crippen molar-refractivity contribution in [3.8, 4) is 0 Å². The molecule has 3 rings (SSSR count). The number of anilines is 1. The van der Waals surface area contributed by atoms with Gasteiger partial charge in [0.25, 0.3) is 5.91 Å². The van der Waals surface area contributed by atoms with Crippen LogP contribution >= 0.6 is 11.6 Å². The Kier molecular flexibility index (Phi) is 8.93. The number of aliphatic hydroxyl groups is 1. The maximum atomic E-state index is 13.8. The Morgan fingerprint density at radius 3 is 2.88 bits per heavy atom. The van der Waals surface area contributed by atoms with Crippen molar-refractivity contribution < 1.29 is 28.9 Å². The number of amides is 1. The first kappa shape index (κ1) is 24.8. The van der Waals surface area contributed by atoms with Gasteiger partial charge in [-0.3, -0.25) is 9.78 Å². The fourth-order valence-electron chi connectivity index (χ4n) is 3.44. The molecule has 0 spiro atoms. The van der Waals surface area contributed by atoms with E-state index in [1.54, 1.807) is 0 Å². The number of nitrogens with one attached hydrogen (secondary N) is 2. The van der Waals surface area contributed by atoms with Gasteiger partial charge in [-0.1, -0.05) is 17.7 Å². The number of hydrogen-bond donors (Lipinski definition) is 4. The van der Waals surface area contributed by atoms with Gasteiger partial charge in [-0.25, -0.2) is 14.2 Å². The maximum absolute atomic E-state index is 13.8. The van der Waals surface area contributed by atoms with Crippen LogP contribution in [0.15, 0.2) is 24.5 Å². The van der Waals surface area contributed by atoms with Crippen LogP contribution in [0.25, 0.3) is 0 Å². The molecule has 1 aliphatic rings. The molecule has 0 saturated heterocycles. The smallest absolute Gasteiger partial charge is 0.326 e. The van der Waals surface area contributed by atoms with Crippen LogP contribution in [0.4, 0.5) is 10.2 Å². The van der Waals surface area contributed by atoms with E-state index in [1.807, 2.05) is 6.07 Å². The number of aromatic nitrogens is 2. The molecule has 0 bridgehead atoms. The predicted octanol–water partition coefficient (Wildman–Crippen LogP) is 2.21. The lowest BCUT2D eigenvalue weighted by molar-refractivity contribution is -0.139. The molecule has 178 valence electrons. The van der Waals surface area contributed by atoms with Crippen LogP contribution in [0, 0.1) is 5.82 Å². The van der Waals surface area contributed by atoms with E-state index in [0.717, 1.165) is 43.3 Å².